The van der Waals surface area contributed by atoms with Crippen molar-refractivity contribution in [2.45, 2.75) is 26.0 Å². The number of hydrogen-bond acceptors (Lipinski definition) is 3. The summed E-state index contributed by atoms with van der Waals surface area (Å²) in [7, 11) is 2.12. The van der Waals surface area contributed by atoms with E-state index in [0.717, 1.165) is 26.1 Å². The Morgan fingerprint density at radius 2 is 2.00 bits per heavy atom. The fraction of sp³-hybridized carbons (Fsp3) is 0.571. The smallest absolute Gasteiger partial charge is 0.0662 e. The molecule has 0 aromatic heterocycles. The standard InChI is InChI=1S/C14H24N2O/c1-3-14(17)11-15-9-10-16(2)12-13-7-5-4-6-8-13/h4-8,14-15,17H,3,9-12H2,1-2H3. The van der Waals surface area contributed by atoms with Crippen molar-refractivity contribution < 1.29 is 5.11 Å². The first-order valence-corrected chi connectivity index (χ1v) is 6.33. The number of benzene rings is 1. The van der Waals surface area contributed by atoms with Crippen LogP contribution in [0.1, 0.15) is 18.9 Å². The predicted octanol–water partition coefficient (Wildman–Crippen LogP) is 1.48. The largest absolute Gasteiger partial charge is 0.392 e. The first-order chi connectivity index (χ1) is 8.22. The van der Waals surface area contributed by atoms with Crippen molar-refractivity contribution in [1.29, 1.82) is 0 Å². The molecule has 17 heavy (non-hydrogen) atoms. The molecule has 0 amide bonds. The van der Waals surface area contributed by atoms with Crippen molar-refractivity contribution in [3.8, 4) is 0 Å². The Hall–Kier alpha value is -0.900. The van der Waals surface area contributed by atoms with Crippen LogP contribution in [0.4, 0.5) is 0 Å². The number of nitrogens with one attached hydrogen (secondary N) is 1. The molecule has 0 spiro atoms. The summed E-state index contributed by atoms with van der Waals surface area (Å²) in [5.74, 6) is 0. The summed E-state index contributed by atoms with van der Waals surface area (Å²) in [6.45, 7) is 5.56. The van der Waals surface area contributed by atoms with E-state index in [-0.39, 0.29) is 6.10 Å². The molecule has 1 aromatic carbocycles. The average Bonchev–Trinajstić information content (AvgIpc) is 2.35. The Bertz CT molecular complexity index is 290. The van der Waals surface area contributed by atoms with Crippen molar-refractivity contribution in [3.63, 3.8) is 0 Å². The molecule has 3 nitrogen and oxygen atoms in total. The van der Waals surface area contributed by atoms with E-state index >= 15 is 0 Å². The van der Waals surface area contributed by atoms with Gasteiger partial charge in [0.2, 0.25) is 0 Å². The van der Waals surface area contributed by atoms with Crippen LogP contribution in [-0.4, -0.2) is 42.8 Å². The van der Waals surface area contributed by atoms with Crippen molar-refractivity contribution in [2.24, 2.45) is 0 Å². The molecule has 0 bridgehead atoms. The van der Waals surface area contributed by atoms with E-state index in [1.807, 2.05) is 13.0 Å². The molecule has 0 fully saturated rings. The van der Waals surface area contributed by atoms with E-state index in [0.29, 0.717) is 6.54 Å². The van der Waals surface area contributed by atoms with E-state index in [2.05, 4.69) is 41.5 Å². The molecule has 0 aliphatic heterocycles. The Labute approximate surface area is 104 Å². The molecule has 1 atom stereocenters. The Morgan fingerprint density at radius 1 is 1.29 bits per heavy atom. The molecule has 1 unspecified atom stereocenters. The Morgan fingerprint density at radius 3 is 2.65 bits per heavy atom. The minimum Gasteiger partial charge on any atom is -0.392 e. The summed E-state index contributed by atoms with van der Waals surface area (Å²) in [5, 5.41) is 12.6. The van der Waals surface area contributed by atoms with Gasteiger partial charge in [0.25, 0.3) is 0 Å². The third kappa shape index (κ3) is 6.41. The predicted molar refractivity (Wildman–Crippen MR) is 71.9 cm³/mol. The van der Waals surface area contributed by atoms with Crippen LogP contribution in [0, 0.1) is 0 Å². The van der Waals surface area contributed by atoms with Gasteiger partial charge in [0, 0.05) is 26.2 Å². The third-order valence-electron chi connectivity index (χ3n) is 2.82. The second-order valence-corrected chi connectivity index (χ2v) is 4.49. The minimum atomic E-state index is -0.213. The van der Waals surface area contributed by atoms with Crippen LogP contribution in [0.15, 0.2) is 30.3 Å². The zero-order valence-corrected chi connectivity index (χ0v) is 10.9. The summed E-state index contributed by atoms with van der Waals surface area (Å²) in [5.41, 5.74) is 1.34. The molecule has 0 saturated heterocycles. The maximum atomic E-state index is 9.38. The molecule has 2 N–H and O–H groups in total. The summed E-state index contributed by atoms with van der Waals surface area (Å²) in [4.78, 5) is 2.28. The molecular weight excluding hydrogens is 212 g/mol. The van der Waals surface area contributed by atoms with Gasteiger partial charge in [-0.25, -0.2) is 0 Å². The molecular formula is C14H24N2O. The highest BCUT2D eigenvalue weighted by atomic mass is 16.3. The van der Waals surface area contributed by atoms with Crippen molar-refractivity contribution in [3.05, 3.63) is 35.9 Å². The van der Waals surface area contributed by atoms with Crippen LogP contribution < -0.4 is 5.32 Å². The SMILES string of the molecule is CCC(O)CNCCN(C)Cc1ccccc1. The lowest BCUT2D eigenvalue weighted by atomic mass is 10.2. The maximum Gasteiger partial charge on any atom is 0.0662 e. The molecule has 0 aliphatic carbocycles. The van der Waals surface area contributed by atoms with Gasteiger partial charge in [-0.2, -0.15) is 0 Å². The van der Waals surface area contributed by atoms with Crippen LogP contribution >= 0.6 is 0 Å². The first kappa shape index (κ1) is 14.2. The monoisotopic (exact) mass is 236 g/mol. The summed E-state index contributed by atoms with van der Waals surface area (Å²) in [6.07, 6.45) is 0.599. The number of hydrogen-bond donors (Lipinski definition) is 2. The topological polar surface area (TPSA) is 35.5 Å². The second kappa shape index (κ2) is 8.23. The number of aliphatic hydroxyl groups excluding tert-OH is 1. The van der Waals surface area contributed by atoms with Crippen molar-refractivity contribution in [1.82, 2.24) is 10.2 Å². The van der Waals surface area contributed by atoms with Crippen LogP contribution in [0.3, 0.4) is 0 Å². The first-order valence-electron chi connectivity index (χ1n) is 6.33. The molecule has 1 rings (SSSR count). The van der Waals surface area contributed by atoms with E-state index in [1.54, 1.807) is 0 Å². The molecule has 96 valence electrons. The number of likely N-dealkylation sites (N-methyl/N-ethyl adjacent to an activating group) is 1. The van der Waals surface area contributed by atoms with Crippen LogP contribution in [-0.2, 0) is 6.54 Å². The molecule has 1 aromatic rings. The molecule has 0 heterocycles. The highest BCUT2D eigenvalue weighted by Gasteiger charge is 2.01. The van der Waals surface area contributed by atoms with Crippen LogP contribution in [0.25, 0.3) is 0 Å². The van der Waals surface area contributed by atoms with Gasteiger partial charge in [0.05, 0.1) is 6.10 Å². The quantitative estimate of drug-likeness (QED) is 0.671. The lowest BCUT2D eigenvalue weighted by Gasteiger charge is -2.17. The molecule has 0 aliphatic rings. The van der Waals surface area contributed by atoms with Crippen LogP contribution in [0.5, 0.6) is 0 Å². The highest BCUT2D eigenvalue weighted by Crippen LogP contribution is 2.01. The van der Waals surface area contributed by atoms with Gasteiger partial charge >= 0.3 is 0 Å². The summed E-state index contributed by atoms with van der Waals surface area (Å²) < 4.78 is 0. The van der Waals surface area contributed by atoms with Gasteiger partial charge in [0.1, 0.15) is 0 Å². The summed E-state index contributed by atoms with van der Waals surface area (Å²) >= 11 is 0. The molecule has 0 saturated carbocycles. The maximum absolute atomic E-state index is 9.38. The zero-order chi connectivity index (χ0) is 12.5. The van der Waals surface area contributed by atoms with Gasteiger partial charge < -0.3 is 15.3 Å². The molecule has 3 heteroatoms. The summed E-state index contributed by atoms with van der Waals surface area (Å²) in [6, 6.07) is 10.5. The number of aliphatic hydroxyl groups is 1. The normalized spacial score (nSPS) is 12.9. The molecule has 0 radical (unpaired) electrons. The van der Waals surface area contributed by atoms with Gasteiger partial charge in [-0.3, -0.25) is 0 Å². The average molecular weight is 236 g/mol. The van der Waals surface area contributed by atoms with E-state index < -0.39 is 0 Å². The fourth-order valence-corrected chi connectivity index (χ4v) is 1.66. The lowest BCUT2D eigenvalue weighted by Crippen LogP contribution is -2.33. The minimum absolute atomic E-state index is 0.213. The number of rotatable bonds is 8. The van der Waals surface area contributed by atoms with Gasteiger partial charge in [-0.15, -0.1) is 0 Å². The van der Waals surface area contributed by atoms with Gasteiger partial charge in [-0.05, 0) is 19.0 Å². The van der Waals surface area contributed by atoms with Crippen molar-refractivity contribution in [2.75, 3.05) is 26.7 Å². The van der Waals surface area contributed by atoms with Crippen molar-refractivity contribution >= 4 is 0 Å². The van der Waals surface area contributed by atoms with Gasteiger partial charge in [0.15, 0.2) is 0 Å². The number of nitrogens with zero attached hydrogens (tertiary/aromatic N) is 1. The lowest BCUT2D eigenvalue weighted by molar-refractivity contribution is 0.166. The fourth-order valence-electron chi connectivity index (χ4n) is 1.66. The van der Waals surface area contributed by atoms with Gasteiger partial charge in [-0.1, -0.05) is 37.3 Å². The Balaban J connectivity index is 2.11. The van der Waals surface area contributed by atoms with E-state index in [9.17, 15) is 5.11 Å². The third-order valence-corrected chi connectivity index (χ3v) is 2.82. The van der Waals surface area contributed by atoms with E-state index in [1.165, 1.54) is 5.56 Å². The highest BCUT2D eigenvalue weighted by molar-refractivity contribution is 5.14. The zero-order valence-electron chi connectivity index (χ0n) is 10.9. The van der Waals surface area contributed by atoms with Crippen LogP contribution in [0.2, 0.25) is 0 Å². The second-order valence-electron chi connectivity index (χ2n) is 4.49. The van der Waals surface area contributed by atoms with E-state index in [4.69, 9.17) is 0 Å². The Kier molecular flexibility index (Phi) is 6.86.